The number of hydrogen-bond acceptors (Lipinski definition) is 1. The largest absolute Gasteiger partial charge is 0.416 e. The monoisotopic (exact) mass is 337 g/mol. The van der Waals surface area contributed by atoms with E-state index in [4.69, 9.17) is 0 Å². The van der Waals surface area contributed by atoms with Gasteiger partial charge in [-0.05, 0) is 47.9 Å². The average molecular weight is 337 g/mol. The number of hydrogen-bond donors (Lipinski definition) is 1. The van der Waals surface area contributed by atoms with Gasteiger partial charge in [0.2, 0.25) is 5.91 Å². The van der Waals surface area contributed by atoms with Crippen molar-refractivity contribution in [3.63, 3.8) is 0 Å². The molecule has 0 aliphatic carbocycles. The van der Waals surface area contributed by atoms with Gasteiger partial charge in [0.25, 0.3) is 0 Å². The Morgan fingerprint density at radius 2 is 1.83 bits per heavy atom. The van der Waals surface area contributed by atoms with Crippen molar-refractivity contribution in [2.75, 3.05) is 6.54 Å². The van der Waals surface area contributed by atoms with Gasteiger partial charge in [0.05, 0.1) is 5.56 Å². The van der Waals surface area contributed by atoms with Crippen molar-refractivity contribution >= 4 is 12.0 Å². The topological polar surface area (TPSA) is 29.1 Å². The van der Waals surface area contributed by atoms with E-state index in [1.165, 1.54) is 36.4 Å². The van der Waals surface area contributed by atoms with Crippen LogP contribution in [0.1, 0.15) is 16.7 Å². The standard InChI is InChI=1S/C18H15F4NO/c19-16-6-2-4-14(12-16)9-10-23-17(24)8-7-13-3-1-5-15(11-13)18(20,21)22/h1-8,11-12H,9-10H2,(H,23,24)/b8-7+. The molecule has 0 saturated carbocycles. The van der Waals surface area contributed by atoms with E-state index in [-0.39, 0.29) is 11.4 Å². The van der Waals surface area contributed by atoms with E-state index >= 15 is 0 Å². The fourth-order valence-electron chi connectivity index (χ4n) is 2.07. The molecule has 0 aromatic heterocycles. The molecular weight excluding hydrogens is 322 g/mol. The van der Waals surface area contributed by atoms with Crippen molar-refractivity contribution in [1.82, 2.24) is 5.32 Å². The molecule has 0 fully saturated rings. The first-order chi connectivity index (χ1) is 11.3. The molecule has 126 valence electrons. The minimum Gasteiger partial charge on any atom is -0.352 e. The highest BCUT2D eigenvalue weighted by Gasteiger charge is 2.30. The van der Waals surface area contributed by atoms with Gasteiger partial charge in [-0.15, -0.1) is 0 Å². The van der Waals surface area contributed by atoms with Gasteiger partial charge >= 0.3 is 6.18 Å². The van der Waals surface area contributed by atoms with Crippen molar-refractivity contribution in [3.8, 4) is 0 Å². The third-order valence-electron chi connectivity index (χ3n) is 3.24. The van der Waals surface area contributed by atoms with Gasteiger partial charge < -0.3 is 5.32 Å². The average Bonchev–Trinajstić information content (AvgIpc) is 2.52. The van der Waals surface area contributed by atoms with Crippen LogP contribution in [0.15, 0.2) is 54.6 Å². The molecule has 0 aliphatic heterocycles. The number of rotatable bonds is 5. The first-order valence-electron chi connectivity index (χ1n) is 7.22. The second-order valence-electron chi connectivity index (χ2n) is 5.13. The molecule has 0 heterocycles. The van der Waals surface area contributed by atoms with Gasteiger partial charge in [0.1, 0.15) is 5.82 Å². The molecule has 2 rings (SSSR count). The Morgan fingerprint density at radius 1 is 1.08 bits per heavy atom. The Hall–Kier alpha value is -2.63. The van der Waals surface area contributed by atoms with E-state index in [1.54, 1.807) is 12.1 Å². The van der Waals surface area contributed by atoms with Crippen LogP contribution < -0.4 is 5.32 Å². The summed E-state index contributed by atoms with van der Waals surface area (Å²) in [4.78, 5) is 11.7. The van der Waals surface area contributed by atoms with Crippen LogP contribution in [0, 0.1) is 5.82 Å². The van der Waals surface area contributed by atoms with Crippen molar-refractivity contribution in [1.29, 1.82) is 0 Å². The summed E-state index contributed by atoms with van der Waals surface area (Å²) >= 11 is 0. The first kappa shape index (κ1) is 17.7. The zero-order valence-electron chi connectivity index (χ0n) is 12.6. The molecule has 0 saturated heterocycles. The van der Waals surface area contributed by atoms with E-state index in [0.29, 0.717) is 13.0 Å². The number of alkyl halides is 3. The highest BCUT2D eigenvalue weighted by molar-refractivity contribution is 5.91. The van der Waals surface area contributed by atoms with Crippen molar-refractivity contribution in [2.45, 2.75) is 12.6 Å². The van der Waals surface area contributed by atoms with Crippen LogP contribution in [0.25, 0.3) is 6.08 Å². The normalized spacial score (nSPS) is 11.7. The molecule has 2 nitrogen and oxygen atoms in total. The Kier molecular flexibility index (Phi) is 5.73. The fraction of sp³-hybridized carbons (Fsp3) is 0.167. The minimum atomic E-state index is -4.42. The maximum atomic E-state index is 13.0. The summed E-state index contributed by atoms with van der Waals surface area (Å²) in [6, 6.07) is 10.7. The molecule has 6 heteroatoms. The summed E-state index contributed by atoms with van der Waals surface area (Å²) in [6.07, 6.45) is -1.48. The van der Waals surface area contributed by atoms with Gasteiger partial charge in [-0.1, -0.05) is 24.3 Å². The predicted molar refractivity (Wildman–Crippen MR) is 83.6 cm³/mol. The molecule has 0 spiro atoms. The third-order valence-corrected chi connectivity index (χ3v) is 3.24. The van der Waals surface area contributed by atoms with Crippen LogP contribution in [0.2, 0.25) is 0 Å². The van der Waals surface area contributed by atoms with Gasteiger partial charge in [-0.25, -0.2) is 4.39 Å². The quantitative estimate of drug-likeness (QED) is 0.642. The second kappa shape index (κ2) is 7.77. The lowest BCUT2D eigenvalue weighted by atomic mass is 10.1. The summed E-state index contributed by atoms with van der Waals surface area (Å²) in [5, 5.41) is 2.60. The number of benzene rings is 2. The molecule has 0 unspecified atom stereocenters. The Balaban J connectivity index is 1.87. The summed E-state index contributed by atoms with van der Waals surface area (Å²) in [5.74, 6) is -0.771. The molecule has 0 radical (unpaired) electrons. The molecule has 0 atom stereocenters. The van der Waals surface area contributed by atoms with E-state index in [2.05, 4.69) is 5.32 Å². The van der Waals surface area contributed by atoms with Crippen molar-refractivity contribution in [3.05, 3.63) is 77.1 Å². The Labute approximate surface area is 136 Å². The molecule has 0 aliphatic rings. The fourth-order valence-corrected chi connectivity index (χ4v) is 2.07. The summed E-state index contributed by atoms with van der Waals surface area (Å²) < 4.78 is 50.8. The second-order valence-corrected chi connectivity index (χ2v) is 5.13. The lowest BCUT2D eigenvalue weighted by molar-refractivity contribution is -0.137. The zero-order valence-corrected chi connectivity index (χ0v) is 12.6. The zero-order chi connectivity index (χ0) is 17.6. The molecule has 1 amide bonds. The SMILES string of the molecule is O=C(/C=C/c1cccc(C(F)(F)F)c1)NCCc1cccc(F)c1. The van der Waals surface area contributed by atoms with Crippen LogP contribution in [0.4, 0.5) is 17.6 Å². The van der Waals surface area contributed by atoms with Gasteiger partial charge in [0, 0.05) is 12.6 Å². The van der Waals surface area contributed by atoms with E-state index < -0.39 is 17.6 Å². The lowest BCUT2D eigenvalue weighted by Gasteiger charge is -2.06. The Morgan fingerprint density at radius 3 is 2.54 bits per heavy atom. The van der Waals surface area contributed by atoms with Gasteiger partial charge in [-0.2, -0.15) is 13.2 Å². The number of carbonyl (C=O) groups is 1. The molecular formula is C18H15F4NO. The highest BCUT2D eigenvalue weighted by atomic mass is 19.4. The van der Waals surface area contributed by atoms with Crippen LogP contribution >= 0.6 is 0 Å². The molecule has 0 bridgehead atoms. The van der Waals surface area contributed by atoms with E-state index in [9.17, 15) is 22.4 Å². The van der Waals surface area contributed by atoms with Crippen molar-refractivity contribution < 1.29 is 22.4 Å². The highest BCUT2D eigenvalue weighted by Crippen LogP contribution is 2.29. The van der Waals surface area contributed by atoms with Crippen LogP contribution in [-0.4, -0.2) is 12.5 Å². The maximum Gasteiger partial charge on any atom is 0.416 e. The molecule has 2 aromatic carbocycles. The lowest BCUT2D eigenvalue weighted by Crippen LogP contribution is -2.23. The first-order valence-corrected chi connectivity index (χ1v) is 7.22. The molecule has 2 aromatic rings. The smallest absolute Gasteiger partial charge is 0.352 e. The number of nitrogens with one attached hydrogen (secondary N) is 1. The van der Waals surface area contributed by atoms with Gasteiger partial charge in [0.15, 0.2) is 0 Å². The van der Waals surface area contributed by atoms with Crippen LogP contribution in [-0.2, 0) is 17.4 Å². The van der Waals surface area contributed by atoms with Crippen molar-refractivity contribution in [2.24, 2.45) is 0 Å². The molecule has 24 heavy (non-hydrogen) atoms. The minimum absolute atomic E-state index is 0.283. The summed E-state index contributed by atoms with van der Waals surface area (Å²) in [7, 11) is 0. The third kappa shape index (κ3) is 5.53. The number of halogens is 4. The van der Waals surface area contributed by atoms with E-state index in [0.717, 1.165) is 17.7 Å². The Bertz CT molecular complexity index is 738. The maximum absolute atomic E-state index is 13.0. The van der Waals surface area contributed by atoms with Gasteiger partial charge in [-0.3, -0.25) is 4.79 Å². The number of carbonyl (C=O) groups excluding carboxylic acids is 1. The van der Waals surface area contributed by atoms with Crippen LogP contribution in [0.3, 0.4) is 0 Å². The summed E-state index contributed by atoms with van der Waals surface area (Å²) in [6.45, 7) is 0.301. The van der Waals surface area contributed by atoms with Crippen LogP contribution in [0.5, 0.6) is 0 Å². The molecule has 1 N–H and O–H groups in total. The predicted octanol–water partition coefficient (Wildman–Crippen LogP) is 4.22. The number of amides is 1. The summed E-state index contributed by atoms with van der Waals surface area (Å²) in [5.41, 5.74) is 0.262. The van der Waals surface area contributed by atoms with E-state index in [1.807, 2.05) is 0 Å².